The summed E-state index contributed by atoms with van der Waals surface area (Å²) in [4.78, 5) is 14.7. The molecular weight excluding hydrogens is 384 g/mol. The van der Waals surface area contributed by atoms with Gasteiger partial charge in [-0.05, 0) is 44.0 Å². The number of β-amino-alcohol motifs (C(OH)–C–C–N with tert-alkyl or cyclic N) is 1. The van der Waals surface area contributed by atoms with Gasteiger partial charge >= 0.3 is 0 Å². The molecule has 0 amide bonds. The monoisotopic (exact) mass is 412 g/mol. The first-order valence-electron chi connectivity index (χ1n) is 10.1. The molecule has 1 saturated heterocycles. The molecule has 0 unspecified atom stereocenters. The summed E-state index contributed by atoms with van der Waals surface area (Å²) in [5.74, 6) is 1.55. The molecule has 2 atom stereocenters. The lowest BCUT2D eigenvalue weighted by Crippen LogP contribution is -2.53. The molecule has 0 bridgehead atoms. The Morgan fingerprint density at radius 3 is 2.93 bits per heavy atom. The van der Waals surface area contributed by atoms with Crippen LogP contribution >= 0.6 is 11.3 Å². The zero-order valence-corrected chi connectivity index (χ0v) is 17.8. The molecule has 0 aliphatic carbocycles. The highest BCUT2D eigenvalue weighted by atomic mass is 32.1. The molecule has 154 valence electrons. The number of hydrogen-bond acceptors (Lipinski definition) is 7. The molecule has 1 aliphatic rings. The second-order valence-corrected chi connectivity index (χ2v) is 8.66. The van der Waals surface area contributed by atoms with Crippen LogP contribution < -0.4 is 0 Å². The van der Waals surface area contributed by atoms with E-state index in [1.54, 1.807) is 11.3 Å². The minimum Gasteiger partial charge on any atom is -0.440 e. The summed E-state index contributed by atoms with van der Waals surface area (Å²) in [5.41, 5.74) is 2.05. The number of aliphatic hydroxyl groups excluding tert-OH is 1. The maximum absolute atomic E-state index is 10.8. The molecule has 3 aromatic heterocycles. The van der Waals surface area contributed by atoms with Crippen molar-refractivity contribution in [3.8, 4) is 10.8 Å². The van der Waals surface area contributed by atoms with Gasteiger partial charge in [0.2, 0.25) is 5.89 Å². The van der Waals surface area contributed by atoms with Crippen LogP contribution in [0.4, 0.5) is 0 Å². The van der Waals surface area contributed by atoms with Crippen LogP contribution in [0.1, 0.15) is 23.6 Å². The molecule has 0 saturated carbocycles. The molecule has 0 aromatic carbocycles. The number of nitrogens with zero attached hydrogens (tertiary/aromatic N) is 4. The number of thiophene rings is 1. The zero-order valence-electron chi connectivity index (χ0n) is 17.0. The highest BCUT2D eigenvalue weighted by Crippen LogP contribution is 2.27. The molecule has 4 rings (SSSR count). The third kappa shape index (κ3) is 4.93. The first-order valence-corrected chi connectivity index (χ1v) is 11.0. The summed E-state index contributed by atoms with van der Waals surface area (Å²) in [6, 6.07) is 10.2. The van der Waals surface area contributed by atoms with Gasteiger partial charge in [-0.2, -0.15) is 0 Å². The van der Waals surface area contributed by atoms with Gasteiger partial charge in [0.05, 0.1) is 16.7 Å². The van der Waals surface area contributed by atoms with E-state index in [-0.39, 0.29) is 12.1 Å². The second kappa shape index (κ2) is 9.17. The van der Waals surface area contributed by atoms with E-state index in [0.717, 1.165) is 48.0 Å². The number of aryl methyl sites for hydroxylation is 1. The number of rotatable bonds is 7. The molecule has 3 aromatic rings. The molecular formula is C22H28N4O2S. The summed E-state index contributed by atoms with van der Waals surface area (Å²) >= 11 is 1.63. The van der Waals surface area contributed by atoms with Gasteiger partial charge in [0.1, 0.15) is 5.76 Å². The van der Waals surface area contributed by atoms with Gasteiger partial charge < -0.3 is 14.4 Å². The number of aliphatic hydroxyl groups is 1. The van der Waals surface area contributed by atoms with Crippen molar-refractivity contribution in [2.24, 2.45) is 0 Å². The minimum atomic E-state index is -0.374. The van der Waals surface area contributed by atoms with Gasteiger partial charge in [0.15, 0.2) is 0 Å². The predicted octanol–water partition coefficient (Wildman–Crippen LogP) is 3.22. The average molecular weight is 413 g/mol. The number of pyridine rings is 1. The highest BCUT2D eigenvalue weighted by molar-refractivity contribution is 7.13. The highest BCUT2D eigenvalue weighted by Gasteiger charge is 2.31. The zero-order chi connectivity index (χ0) is 20.2. The van der Waals surface area contributed by atoms with E-state index in [2.05, 4.69) is 27.9 Å². The summed E-state index contributed by atoms with van der Waals surface area (Å²) in [5, 5.41) is 12.8. The van der Waals surface area contributed by atoms with Crippen molar-refractivity contribution in [3.05, 3.63) is 59.1 Å². The van der Waals surface area contributed by atoms with Crippen molar-refractivity contribution >= 4 is 11.3 Å². The smallest absolute Gasteiger partial charge is 0.236 e. The second-order valence-electron chi connectivity index (χ2n) is 7.71. The Morgan fingerprint density at radius 1 is 1.31 bits per heavy atom. The van der Waals surface area contributed by atoms with Crippen LogP contribution in [0.3, 0.4) is 0 Å². The maximum Gasteiger partial charge on any atom is 0.236 e. The van der Waals surface area contributed by atoms with Crippen molar-refractivity contribution in [1.29, 1.82) is 0 Å². The fraction of sp³-hybridized carbons (Fsp3) is 0.455. The molecule has 0 radical (unpaired) electrons. The maximum atomic E-state index is 10.8. The number of oxazole rings is 1. The Bertz CT molecular complexity index is 897. The third-order valence-corrected chi connectivity index (χ3v) is 6.50. The lowest BCUT2D eigenvalue weighted by Gasteiger charge is -2.40. The lowest BCUT2D eigenvalue weighted by atomic mass is 10.00. The van der Waals surface area contributed by atoms with Crippen LogP contribution in [0.25, 0.3) is 10.8 Å². The Morgan fingerprint density at radius 2 is 2.21 bits per heavy atom. The molecule has 6 nitrogen and oxygen atoms in total. The quantitative estimate of drug-likeness (QED) is 0.643. The van der Waals surface area contributed by atoms with Crippen molar-refractivity contribution in [2.45, 2.75) is 38.5 Å². The summed E-state index contributed by atoms with van der Waals surface area (Å²) in [6.07, 6.45) is 3.29. The van der Waals surface area contributed by atoms with Crippen LogP contribution in [0, 0.1) is 6.92 Å². The van der Waals surface area contributed by atoms with Crippen LogP contribution in [-0.2, 0) is 13.0 Å². The van der Waals surface area contributed by atoms with E-state index in [9.17, 15) is 5.11 Å². The molecule has 1 N–H and O–H groups in total. The largest absolute Gasteiger partial charge is 0.440 e. The molecule has 4 heterocycles. The fourth-order valence-electron chi connectivity index (χ4n) is 3.94. The van der Waals surface area contributed by atoms with E-state index < -0.39 is 0 Å². The molecule has 0 spiro atoms. The molecule has 29 heavy (non-hydrogen) atoms. The van der Waals surface area contributed by atoms with Gasteiger partial charge in [-0.1, -0.05) is 12.1 Å². The van der Waals surface area contributed by atoms with Gasteiger partial charge in [0, 0.05) is 50.5 Å². The predicted molar refractivity (Wildman–Crippen MR) is 115 cm³/mol. The van der Waals surface area contributed by atoms with Crippen LogP contribution in [0.2, 0.25) is 0 Å². The fourth-order valence-corrected chi connectivity index (χ4v) is 4.59. The van der Waals surface area contributed by atoms with E-state index in [1.807, 2.05) is 42.8 Å². The standard InChI is InChI=1S/C22H28N4O2S/c1-16-18(24-22(28-16)21-7-5-13-29-21)14-26-12-9-19(20(27)15-26)25(2)11-8-17-6-3-4-10-23-17/h3-7,10,13,19-20,27H,8-9,11-12,14-15H2,1-2H3/t19-,20-/m1/s1. The van der Waals surface area contributed by atoms with Crippen LogP contribution in [0.5, 0.6) is 0 Å². The lowest BCUT2D eigenvalue weighted by molar-refractivity contribution is -0.00661. The summed E-state index contributed by atoms with van der Waals surface area (Å²) in [6.45, 7) is 5.16. The topological polar surface area (TPSA) is 65.6 Å². The minimum absolute atomic E-state index is 0.176. The summed E-state index contributed by atoms with van der Waals surface area (Å²) in [7, 11) is 2.10. The van der Waals surface area contributed by atoms with Gasteiger partial charge in [-0.15, -0.1) is 11.3 Å². The van der Waals surface area contributed by atoms with Crippen LogP contribution in [-0.4, -0.2) is 63.7 Å². The van der Waals surface area contributed by atoms with Crippen molar-refractivity contribution in [1.82, 2.24) is 19.8 Å². The molecule has 7 heteroatoms. The van der Waals surface area contributed by atoms with E-state index in [1.165, 1.54) is 0 Å². The Kier molecular flexibility index (Phi) is 6.40. The Balaban J connectivity index is 1.31. The number of likely N-dealkylation sites (N-methyl/N-ethyl adjacent to an activating group) is 1. The Labute approximate surface area is 175 Å². The number of aromatic nitrogens is 2. The normalized spacial score (nSPS) is 20.4. The first kappa shape index (κ1) is 20.2. The van der Waals surface area contributed by atoms with Crippen molar-refractivity contribution < 1.29 is 9.52 Å². The van der Waals surface area contributed by atoms with Crippen LogP contribution in [0.15, 0.2) is 46.3 Å². The number of piperidine rings is 1. The molecule has 1 fully saturated rings. The first-order chi connectivity index (χ1) is 14.1. The van der Waals surface area contributed by atoms with Gasteiger partial charge in [0.25, 0.3) is 0 Å². The summed E-state index contributed by atoms with van der Waals surface area (Å²) < 4.78 is 5.86. The van der Waals surface area contributed by atoms with E-state index in [4.69, 9.17) is 9.40 Å². The van der Waals surface area contributed by atoms with Gasteiger partial charge in [-0.25, -0.2) is 4.98 Å². The van der Waals surface area contributed by atoms with Gasteiger partial charge in [-0.3, -0.25) is 9.88 Å². The Hall–Kier alpha value is -2.06. The SMILES string of the molecule is Cc1oc(-c2cccs2)nc1CN1CC[C@@H](N(C)CCc2ccccn2)[C@H](O)C1. The number of likely N-dealkylation sites (tertiary alicyclic amines) is 1. The third-order valence-electron chi connectivity index (χ3n) is 5.64. The van der Waals surface area contributed by atoms with Crippen molar-refractivity contribution in [3.63, 3.8) is 0 Å². The van der Waals surface area contributed by atoms with Crippen molar-refractivity contribution in [2.75, 3.05) is 26.7 Å². The van der Waals surface area contributed by atoms with E-state index >= 15 is 0 Å². The molecule has 1 aliphatic heterocycles. The average Bonchev–Trinajstić information content (AvgIpc) is 3.37. The van der Waals surface area contributed by atoms with E-state index in [0.29, 0.717) is 19.0 Å². The number of hydrogen-bond donors (Lipinski definition) is 1.